The van der Waals surface area contributed by atoms with Crippen molar-refractivity contribution in [2.45, 2.75) is 55.0 Å². The fourth-order valence-corrected chi connectivity index (χ4v) is 4.89. The predicted molar refractivity (Wildman–Crippen MR) is 57.3 cm³/mol. The van der Waals surface area contributed by atoms with Crippen LogP contribution in [-0.4, -0.2) is 20.3 Å². The first kappa shape index (κ1) is 10.9. The minimum absolute atomic E-state index is 0.501. The molecule has 0 aromatic heterocycles. The molecule has 1 aliphatic heterocycles. The topological polar surface area (TPSA) is 0 Å². The van der Waals surface area contributed by atoms with Crippen LogP contribution >= 0.6 is 11.6 Å². The average molecular weight is 254 g/mol. The number of alkyl halides is 1. The third-order valence-corrected chi connectivity index (χ3v) is 5.72. The van der Waals surface area contributed by atoms with Crippen molar-refractivity contribution in [1.29, 1.82) is 0 Å². The van der Waals surface area contributed by atoms with Crippen LogP contribution < -0.4 is 0 Å². The maximum atomic E-state index is 6.33. The summed E-state index contributed by atoms with van der Waals surface area (Å²) in [5.41, 5.74) is 0. The monoisotopic (exact) mass is 254 g/mol. The molecule has 0 aromatic rings. The Morgan fingerprint density at radius 2 is 2.33 bits per heavy atom. The van der Waals surface area contributed by atoms with Crippen LogP contribution in [0, 0.1) is 5.92 Å². The summed E-state index contributed by atoms with van der Waals surface area (Å²) in [5.74, 6) is 0.856. The Labute approximate surface area is 87.6 Å². The van der Waals surface area contributed by atoms with Crippen LogP contribution in [0.1, 0.15) is 39.0 Å². The molecule has 0 N–H and O–H groups in total. The van der Waals surface area contributed by atoms with Crippen LogP contribution in [0.25, 0.3) is 0 Å². The molecule has 72 valence electrons. The van der Waals surface area contributed by atoms with E-state index in [1.54, 1.807) is 0 Å². The molecule has 2 atom stereocenters. The molecule has 0 spiro atoms. The van der Waals surface area contributed by atoms with Gasteiger partial charge < -0.3 is 0 Å². The van der Waals surface area contributed by atoms with Gasteiger partial charge in [0.05, 0.1) is 0 Å². The van der Waals surface area contributed by atoms with E-state index in [-0.39, 0.29) is 0 Å². The van der Waals surface area contributed by atoms with Gasteiger partial charge in [-0.15, -0.1) is 0 Å². The summed E-state index contributed by atoms with van der Waals surface area (Å²) in [5, 5.41) is 3.42. The molecule has 0 aromatic carbocycles. The van der Waals surface area contributed by atoms with Crippen LogP contribution in [0.5, 0.6) is 0 Å². The fourth-order valence-electron chi connectivity index (χ4n) is 1.69. The van der Waals surface area contributed by atoms with Gasteiger partial charge in [0, 0.05) is 0 Å². The summed E-state index contributed by atoms with van der Waals surface area (Å²) in [6.07, 6.45) is 6.75. The van der Waals surface area contributed by atoms with Gasteiger partial charge in [0.15, 0.2) is 0 Å². The van der Waals surface area contributed by atoms with Gasteiger partial charge >= 0.3 is 87.5 Å². The van der Waals surface area contributed by atoms with Gasteiger partial charge in [-0.1, -0.05) is 0 Å². The summed E-state index contributed by atoms with van der Waals surface area (Å²) >= 11 is 7.24. The summed E-state index contributed by atoms with van der Waals surface area (Å²) in [6, 6.07) is 0. The van der Waals surface area contributed by atoms with E-state index in [9.17, 15) is 0 Å². The molecule has 0 saturated carbocycles. The Morgan fingerprint density at radius 3 is 3.08 bits per heavy atom. The molecule has 1 saturated heterocycles. The van der Waals surface area contributed by atoms with Crippen molar-refractivity contribution in [3.63, 3.8) is 0 Å². The zero-order valence-electron chi connectivity index (χ0n) is 7.89. The van der Waals surface area contributed by atoms with Crippen molar-refractivity contribution in [3.8, 4) is 0 Å². The van der Waals surface area contributed by atoms with Crippen LogP contribution in [0.15, 0.2) is 0 Å². The Bertz CT molecular complexity index is 116. The van der Waals surface area contributed by atoms with E-state index in [1.165, 1.54) is 42.7 Å². The Hall–Kier alpha value is 0.809. The average Bonchev–Trinajstić information content (AvgIpc) is 2.27. The maximum absolute atomic E-state index is 6.33. The van der Waals surface area contributed by atoms with Crippen LogP contribution in [0.4, 0.5) is 0 Å². The van der Waals surface area contributed by atoms with Gasteiger partial charge in [0.2, 0.25) is 0 Å². The molecule has 0 amide bonds. The fraction of sp³-hybridized carbons (Fsp3) is 1.00. The number of rotatable bonds is 3. The molecule has 2 heteroatoms. The SMILES string of the molecule is CCCCC1C[Se]CCCC1Cl. The Kier molecular flexibility index (Phi) is 5.71. The molecule has 12 heavy (non-hydrogen) atoms. The summed E-state index contributed by atoms with van der Waals surface area (Å²) in [7, 11) is 0. The molecule has 1 aliphatic rings. The van der Waals surface area contributed by atoms with Crippen LogP contribution in [0.3, 0.4) is 0 Å². The zero-order chi connectivity index (χ0) is 8.81. The first-order valence-electron chi connectivity index (χ1n) is 5.06. The van der Waals surface area contributed by atoms with Crippen molar-refractivity contribution < 1.29 is 0 Å². The van der Waals surface area contributed by atoms with Crippen LogP contribution in [-0.2, 0) is 0 Å². The molecular weight excluding hydrogens is 235 g/mol. The summed E-state index contributed by atoms with van der Waals surface area (Å²) in [6.45, 7) is 2.27. The van der Waals surface area contributed by atoms with Gasteiger partial charge in [0.25, 0.3) is 0 Å². The Morgan fingerprint density at radius 1 is 1.50 bits per heavy atom. The van der Waals surface area contributed by atoms with Gasteiger partial charge in [-0.05, 0) is 0 Å². The van der Waals surface area contributed by atoms with Crippen molar-refractivity contribution in [3.05, 3.63) is 0 Å². The van der Waals surface area contributed by atoms with E-state index < -0.39 is 0 Å². The molecule has 0 aliphatic carbocycles. The van der Waals surface area contributed by atoms with E-state index in [4.69, 9.17) is 11.6 Å². The zero-order valence-corrected chi connectivity index (χ0v) is 10.4. The molecule has 1 rings (SSSR count). The molecule has 0 radical (unpaired) electrons. The molecule has 0 bridgehead atoms. The van der Waals surface area contributed by atoms with E-state index in [0.29, 0.717) is 5.38 Å². The summed E-state index contributed by atoms with van der Waals surface area (Å²) in [4.78, 5) is 0. The number of halogens is 1. The van der Waals surface area contributed by atoms with E-state index in [2.05, 4.69) is 6.92 Å². The quantitative estimate of drug-likeness (QED) is 0.531. The second-order valence-corrected chi connectivity index (χ2v) is 6.61. The molecule has 1 heterocycles. The van der Waals surface area contributed by atoms with E-state index >= 15 is 0 Å². The Balaban J connectivity index is 2.26. The van der Waals surface area contributed by atoms with Crippen molar-refractivity contribution in [1.82, 2.24) is 0 Å². The number of hydrogen-bond acceptors (Lipinski definition) is 0. The van der Waals surface area contributed by atoms with Gasteiger partial charge in [-0.3, -0.25) is 0 Å². The van der Waals surface area contributed by atoms with Gasteiger partial charge in [-0.25, -0.2) is 0 Å². The second kappa shape index (κ2) is 6.29. The van der Waals surface area contributed by atoms with Gasteiger partial charge in [-0.2, -0.15) is 0 Å². The first-order chi connectivity index (χ1) is 5.84. The summed E-state index contributed by atoms with van der Waals surface area (Å²) < 4.78 is 0. The molecule has 1 fully saturated rings. The second-order valence-electron chi connectivity index (χ2n) is 3.64. The predicted octanol–water partition coefficient (Wildman–Crippen LogP) is 3.73. The minimum atomic E-state index is 0.501. The van der Waals surface area contributed by atoms with E-state index in [0.717, 1.165) is 20.9 Å². The molecule has 0 nitrogen and oxygen atoms in total. The van der Waals surface area contributed by atoms with E-state index in [1.807, 2.05) is 0 Å². The van der Waals surface area contributed by atoms with Crippen molar-refractivity contribution >= 4 is 26.6 Å². The van der Waals surface area contributed by atoms with Gasteiger partial charge in [0.1, 0.15) is 0 Å². The number of unbranched alkanes of at least 4 members (excludes halogenated alkanes) is 1. The van der Waals surface area contributed by atoms with Crippen molar-refractivity contribution in [2.75, 3.05) is 0 Å². The third kappa shape index (κ3) is 3.68. The molecular formula is C10H19ClSe. The normalized spacial score (nSPS) is 31.5. The third-order valence-electron chi connectivity index (χ3n) is 2.54. The van der Waals surface area contributed by atoms with Crippen molar-refractivity contribution in [2.24, 2.45) is 5.92 Å². The van der Waals surface area contributed by atoms with Crippen LogP contribution in [0.2, 0.25) is 10.6 Å². The first-order valence-corrected chi connectivity index (χ1v) is 7.92. The molecule has 2 unspecified atom stereocenters. The standard InChI is InChI=1S/C10H19ClSe/c1-2-3-5-9-8-12-7-4-6-10(9)11/h9-10H,2-8H2,1H3. The number of hydrogen-bond donors (Lipinski definition) is 0.